The van der Waals surface area contributed by atoms with E-state index in [0.717, 1.165) is 6.07 Å². The van der Waals surface area contributed by atoms with Crippen LogP contribution in [0.2, 0.25) is 0 Å². The van der Waals surface area contributed by atoms with Gasteiger partial charge in [-0.3, -0.25) is 0 Å². The molecule has 2 rings (SSSR count). The molecular weight excluding hydrogens is 271 g/mol. The van der Waals surface area contributed by atoms with E-state index in [2.05, 4.69) is 10.3 Å². The van der Waals surface area contributed by atoms with Crippen molar-refractivity contribution in [2.45, 2.75) is 32.2 Å². The van der Waals surface area contributed by atoms with Crippen molar-refractivity contribution in [2.75, 3.05) is 0 Å². The number of aliphatic hydroxyl groups is 1. The molecule has 0 fully saturated rings. The molecule has 0 aliphatic heterocycles. The van der Waals surface area contributed by atoms with E-state index >= 15 is 0 Å². The Morgan fingerprint density at radius 1 is 1.20 bits per heavy atom. The van der Waals surface area contributed by atoms with Gasteiger partial charge in [0.25, 0.3) is 0 Å². The molecule has 0 saturated heterocycles. The van der Waals surface area contributed by atoms with Crippen LogP contribution in [0, 0.1) is 0 Å². The molecule has 1 aromatic heterocycles. The van der Waals surface area contributed by atoms with Gasteiger partial charge in [0.1, 0.15) is 11.3 Å². The summed E-state index contributed by atoms with van der Waals surface area (Å²) >= 11 is 0. The van der Waals surface area contributed by atoms with Crippen LogP contribution in [0.3, 0.4) is 0 Å². The minimum absolute atomic E-state index is 0.0568. The van der Waals surface area contributed by atoms with Crippen molar-refractivity contribution in [3.8, 4) is 0 Å². The maximum atomic E-state index is 12.9. The third kappa shape index (κ3) is 3.16. The van der Waals surface area contributed by atoms with Crippen LogP contribution in [-0.2, 0) is 18.3 Å². The van der Waals surface area contributed by atoms with Crippen LogP contribution < -0.4 is 0 Å². The summed E-state index contributed by atoms with van der Waals surface area (Å²) in [5, 5.41) is 17.3. The van der Waals surface area contributed by atoms with E-state index in [1.807, 2.05) is 0 Å². The molecule has 0 atom stereocenters. The normalized spacial score (nSPS) is 12.7. The molecular formula is C13H14F3N3O. The second-order valence-electron chi connectivity index (χ2n) is 5.02. The number of nitrogens with zero attached hydrogens (tertiary/aromatic N) is 3. The minimum atomic E-state index is -4.41. The van der Waals surface area contributed by atoms with Gasteiger partial charge in [-0.05, 0) is 25.5 Å². The van der Waals surface area contributed by atoms with E-state index in [1.54, 1.807) is 6.07 Å². The number of alkyl halides is 3. The smallest absolute Gasteiger partial charge is 0.384 e. The Morgan fingerprint density at radius 2 is 1.85 bits per heavy atom. The molecule has 0 bridgehead atoms. The lowest BCUT2D eigenvalue weighted by Crippen LogP contribution is -2.16. The topological polar surface area (TPSA) is 50.9 Å². The summed E-state index contributed by atoms with van der Waals surface area (Å²) in [6.07, 6.45) is -2.97. The van der Waals surface area contributed by atoms with Gasteiger partial charge in [-0.1, -0.05) is 23.4 Å². The Bertz CT molecular complexity index is 599. The van der Waals surface area contributed by atoms with Gasteiger partial charge in [0.05, 0.1) is 18.3 Å². The van der Waals surface area contributed by atoms with Gasteiger partial charge in [0.15, 0.2) is 0 Å². The summed E-state index contributed by atoms with van der Waals surface area (Å²) in [4.78, 5) is 0. The number of benzene rings is 1. The van der Waals surface area contributed by atoms with E-state index in [0.29, 0.717) is 5.69 Å². The predicted molar refractivity (Wildman–Crippen MR) is 65.8 cm³/mol. The minimum Gasteiger partial charge on any atom is -0.384 e. The fraction of sp³-hybridized carbons (Fsp3) is 0.385. The van der Waals surface area contributed by atoms with Crippen LogP contribution in [0.25, 0.3) is 0 Å². The molecule has 4 nitrogen and oxygen atoms in total. The van der Waals surface area contributed by atoms with Gasteiger partial charge in [-0.15, -0.1) is 5.10 Å². The first-order valence-electron chi connectivity index (χ1n) is 5.96. The molecule has 1 heterocycles. The van der Waals surface area contributed by atoms with Gasteiger partial charge >= 0.3 is 6.18 Å². The highest BCUT2D eigenvalue weighted by atomic mass is 19.4. The summed E-state index contributed by atoms with van der Waals surface area (Å²) < 4.78 is 39.9. The van der Waals surface area contributed by atoms with Crippen molar-refractivity contribution >= 4 is 0 Å². The summed E-state index contributed by atoms with van der Waals surface area (Å²) in [6, 6.07) is 5.31. The maximum absolute atomic E-state index is 12.9. The molecule has 0 unspecified atom stereocenters. The molecule has 2 aromatic rings. The quantitative estimate of drug-likeness (QED) is 0.943. The highest BCUT2D eigenvalue weighted by Gasteiger charge is 2.33. The lowest BCUT2D eigenvalue weighted by molar-refractivity contribution is -0.138. The average Bonchev–Trinajstić information content (AvgIpc) is 2.76. The fourth-order valence-electron chi connectivity index (χ4n) is 1.77. The first kappa shape index (κ1) is 14.5. The molecule has 0 radical (unpaired) electrons. The van der Waals surface area contributed by atoms with Crippen molar-refractivity contribution in [1.82, 2.24) is 15.0 Å². The Labute approximate surface area is 113 Å². The number of hydrogen-bond donors (Lipinski definition) is 1. The third-order valence-electron chi connectivity index (χ3n) is 2.82. The summed E-state index contributed by atoms with van der Waals surface area (Å²) in [6.45, 7) is 3.01. The highest BCUT2D eigenvalue weighted by Crippen LogP contribution is 2.32. The molecule has 7 heteroatoms. The van der Waals surface area contributed by atoms with E-state index < -0.39 is 17.3 Å². The molecule has 0 aliphatic rings. The van der Waals surface area contributed by atoms with Crippen LogP contribution in [0.15, 0.2) is 30.5 Å². The van der Waals surface area contributed by atoms with Gasteiger partial charge in [-0.2, -0.15) is 13.2 Å². The van der Waals surface area contributed by atoms with Crippen molar-refractivity contribution in [3.63, 3.8) is 0 Å². The number of halogens is 3. The second kappa shape index (κ2) is 4.90. The van der Waals surface area contributed by atoms with Crippen LogP contribution in [-0.4, -0.2) is 20.1 Å². The maximum Gasteiger partial charge on any atom is 0.416 e. The lowest BCUT2D eigenvalue weighted by Gasteiger charge is -2.13. The second-order valence-corrected chi connectivity index (χ2v) is 5.02. The first-order chi connectivity index (χ1) is 9.18. The summed E-state index contributed by atoms with van der Waals surface area (Å²) in [5.74, 6) is 0. The van der Waals surface area contributed by atoms with Gasteiger partial charge in [0.2, 0.25) is 0 Å². The van der Waals surface area contributed by atoms with Crippen LogP contribution in [0.1, 0.15) is 30.7 Å². The molecule has 1 aromatic carbocycles. The molecule has 0 saturated carbocycles. The monoisotopic (exact) mass is 285 g/mol. The van der Waals surface area contributed by atoms with E-state index in [9.17, 15) is 18.3 Å². The molecule has 0 spiro atoms. The largest absolute Gasteiger partial charge is 0.416 e. The third-order valence-corrected chi connectivity index (χ3v) is 2.82. The zero-order chi connectivity index (χ0) is 15.0. The van der Waals surface area contributed by atoms with Crippen LogP contribution in [0.5, 0.6) is 0 Å². The molecule has 0 aliphatic carbocycles. The average molecular weight is 285 g/mol. The zero-order valence-electron chi connectivity index (χ0n) is 11.0. The van der Waals surface area contributed by atoms with E-state index in [4.69, 9.17) is 0 Å². The van der Waals surface area contributed by atoms with Gasteiger partial charge in [0, 0.05) is 0 Å². The molecule has 108 valence electrons. The van der Waals surface area contributed by atoms with E-state index in [1.165, 1.54) is 36.9 Å². The Hall–Kier alpha value is -1.89. The predicted octanol–water partition coefficient (Wildman–Crippen LogP) is 2.57. The standard InChI is InChI=1S/C13H14F3N3O/c1-12(2,20)11-8-19(18-17-11)7-9-5-3-4-6-10(9)13(14,15)16/h3-6,8,20H,7H2,1-2H3. The Kier molecular flexibility index (Phi) is 3.56. The van der Waals surface area contributed by atoms with Crippen LogP contribution >= 0.6 is 0 Å². The van der Waals surface area contributed by atoms with Crippen molar-refractivity contribution < 1.29 is 18.3 Å². The summed E-state index contributed by atoms with van der Waals surface area (Å²) in [5.41, 5.74) is -1.46. The zero-order valence-corrected chi connectivity index (χ0v) is 11.0. The number of hydrogen-bond acceptors (Lipinski definition) is 3. The van der Waals surface area contributed by atoms with Crippen molar-refractivity contribution in [1.29, 1.82) is 0 Å². The highest BCUT2D eigenvalue weighted by molar-refractivity contribution is 5.29. The fourth-order valence-corrected chi connectivity index (χ4v) is 1.77. The molecule has 1 N–H and O–H groups in total. The van der Waals surface area contributed by atoms with Crippen molar-refractivity contribution in [3.05, 3.63) is 47.3 Å². The summed E-state index contributed by atoms with van der Waals surface area (Å²) in [7, 11) is 0. The van der Waals surface area contributed by atoms with Crippen molar-refractivity contribution in [2.24, 2.45) is 0 Å². The Morgan fingerprint density at radius 3 is 2.40 bits per heavy atom. The van der Waals surface area contributed by atoms with Gasteiger partial charge in [-0.25, -0.2) is 4.68 Å². The molecule has 0 amide bonds. The first-order valence-corrected chi connectivity index (χ1v) is 5.96. The Balaban J connectivity index is 2.29. The van der Waals surface area contributed by atoms with Gasteiger partial charge < -0.3 is 5.11 Å². The number of rotatable bonds is 3. The van der Waals surface area contributed by atoms with Crippen LogP contribution in [0.4, 0.5) is 13.2 Å². The SMILES string of the molecule is CC(C)(O)c1cn(Cc2ccccc2C(F)(F)F)nn1. The van der Waals surface area contributed by atoms with E-state index in [-0.39, 0.29) is 12.1 Å². The lowest BCUT2D eigenvalue weighted by atomic mass is 10.1. The number of aromatic nitrogens is 3. The molecule has 20 heavy (non-hydrogen) atoms.